The van der Waals surface area contributed by atoms with Gasteiger partial charge >= 0.3 is 6.03 Å². The fourth-order valence-corrected chi connectivity index (χ4v) is 3.67. The minimum absolute atomic E-state index is 0.0243. The highest BCUT2D eigenvalue weighted by Crippen LogP contribution is 2.25. The monoisotopic (exact) mass is 420 g/mol. The number of nitrogens with zero attached hydrogens (tertiary/aromatic N) is 1. The van der Waals surface area contributed by atoms with Crippen LogP contribution in [0.2, 0.25) is 0 Å². The van der Waals surface area contributed by atoms with Crippen molar-refractivity contribution in [3.05, 3.63) is 70.4 Å². The lowest BCUT2D eigenvalue weighted by Crippen LogP contribution is -2.19. The third-order valence-electron chi connectivity index (χ3n) is 4.56. The maximum atomic E-state index is 12.3. The highest BCUT2D eigenvalue weighted by molar-refractivity contribution is 7.07. The number of rotatable bonds is 7. The third kappa shape index (κ3) is 4.66. The Labute approximate surface area is 177 Å². The number of thiophene rings is 1. The van der Waals surface area contributed by atoms with Crippen molar-refractivity contribution >= 4 is 45.6 Å². The quantitative estimate of drug-likeness (QED) is 0.363. The Morgan fingerprint density at radius 2 is 1.93 bits per heavy atom. The van der Waals surface area contributed by atoms with E-state index in [1.165, 1.54) is 12.5 Å². The van der Waals surface area contributed by atoms with E-state index in [2.05, 4.69) is 37.7 Å². The van der Waals surface area contributed by atoms with E-state index in [9.17, 15) is 9.59 Å². The molecule has 0 aliphatic carbocycles. The fraction of sp³-hybridized carbons (Fsp3) is 0.136. The van der Waals surface area contributed by atoms with Crippen LogP contribution in [0.5, 0.6) is 5.75 Å². The number of carbonyl (C=O) groups excluding carboxylic acids is 2. The van der Waals surface area contributed by atoms with Crippen LogP contribution in [0.1, 0.15) is 22.8 Å². The molecule has 0 saturated carbocycles. The minimum Gasteiger partial charge on any atom is -0.493 e. The van der Waals surface area contributed by atoms with Crippen LogP contribution in [-0.2, 0) is 6.42 Å². The van der Waals surface area contributed by atoms with Crippen molar-refractivity contribution in [3.8, 4) is 5.75 Å². The third-order valence-corrected chi connectivity index (χ3v) is 5.29. The van der Waals surface area contributed by atoms with Crippen molar-refractivity contribution in [3.63, 3.8) is 0 Å². The van der Waals surface area contributed by atoms with Crippen LogP contribution in [0.25, 0.3) is 10.9 Å². The number of anilines is 2. The molecule has 152 valence electrons. The predicted molar refractivity (Wildman–Crippen MR) is 119 cm³/mol. The number of H-pyrrole nitrogens is 1. The molecular formula is C22H20N4O3S. The molecule has 2 aromatic heterocycles. The summed E-state index contributed by atoms with van der Waals surface area (Å²) in [4.78, 5) is 23.6. The van der Waals surface area contributed by atoms with Gasteiger partial charge in [-0.3, -0.25) is 15.2 Å². The predicted octanol–water partition coefficient (Wildman–Crippen LogP) is 5.09. The SMILES string of the molecule is CC(=O)c1ccc(NC(=O)Nc2n[nH]c3cc(OCCc4ccsc4)ccc23)cc1. The molecule has 4 aromatic rings. The van der Waals surface area contributed by atoms with E-state index in [-0.39, 0.29) is 5.78 Å². The van der Waals surface area contributed by atoms with Gasteiger partial charge in [-0.25, -0.2) is 4.79 Å². The number of benzene rings is 2. The number of fused-ring (bicyclic) bond motifs is 1. The van der Waals surface area contributed by atoms with E-state index in [4.69, 9.17) is 4.74 Å². The first-order chi connectivity index (χ1) is 14.6. The van der Waals surface area contributed by atoms with Crippen molar-refractivity contribution < 1.29 is 14.3 Å². The van der Waals surface area contributed by atoms with E-state index in [0.29, 0.717) is 23.7 Å². The molecule has 2 amide bonds. The largest absolute Gasteiger partial charge is 0.493 e. The number of aromatic nitrogens is 2. The molecule has 2 aromatic carbocycles. The second-order valence-corrected chi connectivity index (χ2v) is 7.50. The molecule has 0 aliphatic heterocycles. The van der Waals surface area contributed by atoms with Gasteiger partial charge in [0.2, 0.25) is 0 Å². The van der Waals surface area contributed by atoms with Crippen molar-refractivity contribution in [1.82, 2.24) is 10.2 Å². The lowest BCUT2D eigenvalue weighted by atomic mass is 10.1. The number of urea groups is 1. The number of ketones is 1. The molecule has 0 fully saturated rings. The molecule has 0 saturated heterocycles. The van der Waals surface area contributed by atoms with Crippen LogP contribution in [0, 0.1) is 0 Å². The average molecular weight is 420 g/mol. The summed E-state index contributed by atoms with van der Waals surface area (Å²) in [6.45, 7) is 2.09. The molecule has 0 aliphatic rings. The summed E-state index contributed by atoms with van der Waals surface area (Å²) in [6, 6.07) is 13.9. The molecule has 0 unspecified atom stereocenters. The Balaban J connectivity index is 1.36. The summed E-state index contributed by atoms with van der Waals surface area (Å²) in [6.07, 6.45) is 0.852. The number of aromatic amines is 1. The molecule has 0 spiro atoms. The Morgan fingerprint density at radius 1 is 1.10 bits per heavy atom. The lowest BCUT2D eigenvalue weighted by molar-refractivity contribution is 0.101. The Hall–Kier alpha value is -3.65. The van der Waals surface area contributed by atoms with E-state index in [1.807, 2.05) is 18.2 Å². The maximum Gasteiger partial charge on any atom is 0.324 e. The molecule has 4 rings (SSSR count). The molecule has 2 heterocycles. The van der Waals surface area contributed by atoms with Gasteiger partial charge in [0, 0.05) is 29.1 Å². The van der Waals surface area contributed by atoms with Gasteiger partial charge in [-0.05, 0) is 65.7 Å². The van der Waals surface area contributed by atoms with Gasteiger partial charge in [0.05, 0.1) is 12.1 Å². The Bertz CT molecular complexity index is 1170. The molecule has 30 heavy (non-hydrogen) atoms. The minimum atomic E-state index is -0.421. The first-order valence-electron chi connectivity index (χ1n) is 9.39. The maximum absolute atomic E-state index is 12.3. The number of Topliss-reactive ketones (excluding diaryl/α,β-unsaturated/α-hetero) is 1. The average Bonchev–Trinajstić information content (AvgIpc) is 3.38. The smallest absolute Gasteiger partial charge is 0.324 e. The van der Waals surface area contributed by atoms with E-state index >= 15 is 0 Å². The fourth-order valence-electron chi connectivity index (χ4n) is 2.96. The molecule has 0 bridgehead atoms. The van der Waals surface area contributed by atoms with Crippen molar-refractivity contribution in [2.75, 3.05) is 17.2 Å². The Kier molecular flexibility index (Phi) is 5.76. The van der Waals surface area contributed by atoms with Gasteiger partial charge < -0.3 is 10.1 Å². The van der Waals surface area contributed by atoms with E-state index < -0.39 is 6.03 Å². The molecule has 0 radical (unpaired) electrons. The van der Waals surface area contributed by atoms with Crippen LogP contribution >= 0.6 is 11.3 Å². The van der Waals surface area contributed by atoms with Crippen molar-refractivity contribution in [2.45, 2.75) is 13.3 Å². The van der Waals surface area contributed by atoms with E-state index in [0.717, 1.165) is 23.1 Å². The standard InChI is InChI=1S/C22H20N4O3S/c1-14(27)16-2-4-17(5-3-16)23-22(28)24-21-19-7-6-18(12-20(19)25-26-21)29-10-8-15-9-11-30-13-15/h2-7,9,11-13H,8,10H2,1H3,(H3,23,24,25,26,28). The number of carbonyl (C=O) groups is 2. The van der Waals surface area contributed by atoms with Gasteiger partial charge in [0.25, 0.3) is 0 Å². The number of ether oxygens (including phenoxy) is 1. The zero-order valence-electron chi connectivity index (χ0n) is 16.3. The summed E-state index contributed by atoms with van der Waals surface area (Å²) < 4.78 is 5.82. The van der Waals surface area contributed by atoms with Crippen molar-refractivity contribution in [1.29, 1.82) is 0 Å². The lowest BCUT2D eigenvalue weighted by Gasteiger charge is -2.07. The number of nitrogens with one attached hydrogen (secondary N) is 3. The summed E-state index contributed by atoms with van der Waals surface area (Å²) in [5.74, 6) is 1.14. The number of amides is 2. The summed E-state index contributed by atoms with van der Waals surface area (Å²) in [5, 5.41) is 17.5. The molecular weight excluding hydrogens is 400 g/mol. The first-order valence-corrected chi connectivity index (χ1v) is 10.3. The zero-order chi connectivity index (χ0) is 20.9. The highest BCUT2D eigenvalue weighted by atomic mass is 32.1. The topological polar surface area (TPSA) is 96.1 Å². The number of hydrogen-bond acceptors (Lipinski definition) is 5. The number of hydrogen-bond donors (Lipinski definition) is 3. The summed E-state index contributed by atoms with van der Waals surface area (Å²) >= 11 is 1.68. The second kappa shape index (κ2) is 8.79. The van der Waals surface area contributed by atoms with Crippen LogP contribution in [0.3, 0.4) is 0 Å². The summed E-state index contributed by atoms with van der Waals surface area (Å²) in [7, 11) is 0. The van der Waals surface area contributed by atoms with Gasteiger partial charge in [-0.15, -0.1) is 0 Å². The van der Waals surface area contributed by atoms with Gasteiger partial charge in [0.1, 0.15) is 5.75 Å². The van der Waals surface area contributed by atoms with Crippen LogP contribution in [-0.4, -0.2) is 28.6 Å². The van der Waals surface area contributed by atoms with Gasteiger partial charge in [-0.2, -0.15) is 16.4 Å². The Morgan fingerprint density at radius 3 is 2.67 bits per heavy atom. The van der Waals surface area contributed by atoms with Crippen LogP contribution in [0.4, 0.5) is 16.3 Å². The van der Waals surface area contributed by atoms with Crippen LogP contribution < -0.4 is 15.4 Å². The van der Waals surface area contributed by atoms with E-state index in [1.54, 1.807) is 35.6 Å². The summed E-state index contributed by atoms with van der Waals surface area (Å²) in [5.41, 5.74) is 3.20. The van der Waals surface area contributed by atoms with Gasteiger partial charge in [0.15, 0.2) is 11.6 Å². The van der Waals surface area contributed by atoms with Crippen molar-refractivity contribution in [2.24, 2.45) is 0 Å². The molecule has 8 heteroatoms. The second-order valence-electron chi connectivity index (χ2n) is 6.72. The molecule has 3 N–H and O–H groups in total. The molecule has 0 atom stereocenters. The molecule has 7 nitrogen and oxygen atoms in total. The normalized spacial score (nSPS) is 10.7. The highest BCUT2D eigenvalue weighted by Gasteiger charge is 2.11. The van der Waals surface area contributed by atoms with Crippen LogP contribution in [0.15, 0.2) is 59.3 Å². The first kappa shape index (κ1) is 19.7. The zero-order valence-corrected chi connectivity index (χ0v) is 17.1. The van der Waals surface area contributed by atoms with Gasteiger partial charge in [-0.1, -0.05) is 0 Å².